The monoisotopic (exact) mass is 819 g/mol. The Morgan fingerprint density at radius 1 is 0.422 bits per heavy atom. The zero-order chi connectivity index (χ0) is 42.6. The third-order valence-electron chi connectivity index (χ3n) is 13.8. The summed E-state index contributed by atoms with van der Waals surface area (Å²) in [7, 11) is 0. The summed E-state index contributed by atoms with van der Waals surface area (Å²) in [6.07, 6.45) is 9.38. The van der Waals surface area contributed by atoms with E-state index in [2.05, 4.69) is 242 Å². The number of hydrogen-bond acceptors (Lipinski definition) is 2. The summed E-state index contributed by atoms with van der Waals surface area (Å²) < 4.78 is 6.47. The molecular weight excluding hydrogens is 775 g/mol. The van der Waals surface area contributed by atoms with Gasteiger partial charge in [0.2, 0.25) is 0 Å². The topological polar surface area (TPSA) is 16.4 Å². The number of nitrogens with zero attached hydrogens (tertiary/aromatic N) is 1. The number of benzene rings is 9. The van der Waals surface area contributed by atoms with E-state index in [0.717, 1.165) is 50.1 Å². The first-order valence-electron chi connectivity index (χ1n) is 22.3. The van der Waals surface area contributed by atoms with Gasteiger partial charge in [-0.1, -0.05) is 206 Å². The Balaban J connectivity index is 1.02. The van der Waals surface area contributed by atoms with Gasteiger partial charge >= 0.3 is 0 Å². The molecule has 0 amide bonds. The van der Waals surface area contributed by atoms with Crippen molar-refractivity contribution in [3.63, 3.8) is 0 Å². The smallest absolute Gasteiger partial charge is 0.143 e. The van der Waals surface area contributed by atoms with Crippen molar-refractivity contribution in [3.05, 3.63) is 271 Å². The van der Waals surface area contributed by atoms with E-state index in [0.29, 0.717) is 0 Å². The van der Waals surface area contributed by atoms with Gasteiger partial charge in [0.05, 0.1) is 5.41 Å². The van der Waals surface area contributed by atoms with Gasteiger partial charge in [0, 0.05) is 45.2 Å². The van der Waals surface area contributed by atoms with Gasteiger partial charge in [-0.3, -0.25) is 0 Å². The molecule has 0 saturated heterocycles. The van der Waals surface area contributed by atoms with Crippen molar-refractivity contribution in [1.82, 2.24) is 0 Å². The van der Waals surface area contributed by atoms with Crippen molar-refractivity contribution >= 4 is 39.0 Å². The number of para-hydroxylation sites is 2. The lowest BCUT2D eigenvalue weighted by Crippen LogP contribution is -2.40. The highest BCUT2D eigenvalue weighted by atomic mass is 16.3. The lowest BCUT2D eigenvalue weighted by Gasteiger charge is -2.44. The first-order chi connectivity index (χ1) is 31.6. The minimum Gasteiger partial charge on any atom is -0.455 e. The fourth-order valence-corrected chi connectivity index (χ4v) is 10.8. The summed E-state index contributed by atoms with van der Waals surface area (Å²) in [5.41, 5.74) is 18.3. The van der Waals surface area contributed by atoms with Crippen LogP contribution < -0.4 is 4.90 Å². The van der Waals surface area contributed by atoms with E-state index in [1.807, 2.05) is 12.1 Å². The largest absolute Gasteiger partial charge is 0.455 e. The maximum Gasteiger partial charge on any atom is 0.143 e. The van der Waals surface area contributed by atoms with Crippen LogP contribution in [-0.2, 0) is 5.41 Å². The molecule has 10 aromatic rings. The fraction of sp³-hybridized carbons (Fsp3) is 0.0645. The van der Waals surface area contributed by atoms with Gasteiger partial charge in [-0.15, -0.1) is 0 Å². The third-order valence-corrected chi connectivity index (χ3v) is 13.8. The van der Waals surface area contributed by atoms with Crippen molar-refractivity contribution in [2.24, 2.45) is 5.92 Å². The second kappa shape index (κ2) is 15.4. The molecule has 2 aliphatic rings. The van der Waals surface area contributed by atoms with E-state index < -0.39 is 5.41 Å². The van der Waals surface area contributed by atoms with Crippen LogP contribution in [0.4, 0.5) is 17.1 Å². The van der Waals surface area contributed by atoms with Gasteiger partial charge in [-0.05, 0) is 99.5 Å². The molecule has 12 rings (SSSR count). The SMILES string of the molecule is Cc1ccc(C2(c3ccc(N(c4ccc(-c5ccccc5)cc4)c4ccc(-c5cccc6c5oc5ccccc56)cc4)cc3)c3ccccc3-c3ccccc3C3C=CC=CC32)cc1. The molecule has 0 fully saturated rings. The van der Waals surface area contributed by atoms with E-state index in [1.54, 1.807) is 0 Å². The molecule has 0 aliphatic heterocycles. The molecule has 304 valence electrons. The van der Waals surface area contributed by atoms with Gasteiger partial charge in [-0.25, -0.2) is 0 Å². The van der Waals surface area contributed by atoms with Crippen LogP contribution in [0, 0.1) is 12.8 Å². The van der Waals surface area contributed by atoms with Gasteiger partial charge < -0.3 is 9.32 Å². The van der Waals surface area contributed by atoms with Gasteiger partial charge in [-0.2, -0.15) is 0 Å². The van der Waals surface area contributed by atoms with Gasteiger partial charge in [0.1, 0.15) is 11.2 Å². The lowest BCUT2D eigenvalue weighted by atomic mass is 9.57. The highest BCUT2D eigenvalue weighted by Gasteiger charge is 2.49. The average molecular weight is 820 g/mol. The Hall–Kier alpha value is -7.94. The average Bonchev–Trinajstić information content (AvgIpc) is 3.71. The molecule has 0 bridgehead atoms. The zero-order valence-electron chi connectivity index (χ0n) is 35.6. The van der Waals surface area contributed by atoms with Crippen molar-refractivity contribution < 1.29 is 4.42 Å². The predicted molar refractivity (Wildman–Crippen MR) is 267 cm³/mol. The van der Waals surface area contributed by atoms with Crippen LogP contribution in [0.2, 0.25) is 0 Å². The van der Waals surface area contributed by atoms with Crippen LogP contribution in [0.5, 0.6) is 0 Å². The maximum atomic E-state index is 6.47. The van der Waals surface area contributed by atoms with Crippen LogP contribution in [0.25, 0.3) is 55.3 Å². The Morgan fingerprint density at radius 3 is 1.72 bits per heavy atom. The fourth-order valence-electron chi connectivity index (χ4n) is 10.8. The first-order valence-corrected chi connectivity index (χ1v) is 22.3. The zero-order valence-corrected chi connectivity index (χ0v) is 35.6. The van der Waals surface area contributed by atoms with Crippen LogP contribution >= 0.6 is 0 Å². The Kier molecular flexibility index (Phi) is 9.12. The molecule has 3 atom stereocenters. The van der Waals surface area contributed by atoms with Crippen molar-refractivity contribution in [2.45, 2.75) is 18.3 Å². The summed E-state index contributed by atoms with van der Waals surface area (Å²) in [5.74, 6) is 0.305. The highest BCUT2D eigenvalue weighted by molar-refractivity contribution is 6.09. The van der Waals surface area contributed by atoms with E-state index in [-0.39, 0.29) is 11.8 Å². The minimum atomic E-state index is -0.491. The summed E-state index contributed by atoms with van der Waals surface area (Å²) in [6.45, 7) is 2.18. The van der Waals surface area contributed by atoms with Crippen LogP contribution in [0.15, 0.2) is 247 Å². The second-order valence-electron chi connectivity index (χ2n) is 17.3. The molecule has 2 heteroatoms. The number of fused-ring (bicyclic) bond motifs is 8. The first kappa shape index (κ1) is 37.8. The number of aryl methyl sites for hydroxylation is 1. The summed E-state index contributed by atoms with van der Waals surface area (Å²) >= 11 is 0. The number of furan rings is 1. The Morgan fingerprint density at radius 2 is 0.969 bits per heavy atom. The molecule has 2 aliphatic carbocycles. The minimum absolute atomic E-state index is 0.126. The molecule has 1 aromatic heterocycles. The summed E-state index contributed by atoms with van der Waals surface area (Å²) in [4.78, 5) is 2.38. The molecule has 0 radical (unpaired) electrons. The number of rotatable bonds is 7. The third kappa shape index (κ3) is 6.09. The van der Waals surface area contributed by atoms with Crippen LogP contribution in [-0.4, -0.2) is 0 Å². The van der Waals surface area contributed by atoms with Gasteiger partial charge in [0.15, 0.2) is 0 Å². The van der Waals surface area contributed by atoms with Crippen LogP contribution in [0.1, 0.15) is 33.7 Å². The molecule has 0 spiro atoms. The van der Waals surface area contributed by atoms with E-state index in [1.165, 1.54) is 50.1 Å². The quantitative estimate of drug-likeness (QED) is 0.159. The Labute approximate surface area is 374 Å². The van der Waals surface area contributed by atoms with E-state index in [4.69, 9.17) is 4.42 Å². The van der Waals surface area contributed by atoms with Crippen molar-refractivity contribution in [3.8, 4) is 33.4 Å². The van der Waals surface area contributed by atoms with E-state index >= 15 is 0 Å². The normalized spacial score (nSPS) is 17.4. The van der Waals surface area contributed by atoms with Crippen LogP contribution in [0.3, 0.4) is 0 Å². The molecule has 2 nitrogen and oxygen atoms in total. The summed E-state index contributed by atoms with van der Waals surface area (Å²) in [5, 5.41) is 2.27. The predicted octanol–water partition coefficient (Wildman–Crippen LogP) is 16.5. The molecular formula is C62H45NO. The lowest BCUT2D eigenvalue weighted by molar-refractivity contribution is 0.414. The molecule has 9 aromatic carbocycles. The van der Waals surface area contributed by atoms with Gasteiger partial charge in [0.25, 0.3) is 0 Å². The van der Waals surface area contributed by atoms with E-state index in [9.17, 15) is 0 Å². The molecule has 64 heavy (non-hydrogen) atoms. The summed E-state index contributed by atoms with van der Waals surface area (Å²) in [6, 6.07) is 80.2. The van der Waals surface area contributed by atoms with Crippen molar-refractivity contribution in [1.29, 1.82) is 0 Å². The molecule has 0 N–H and O–H groups in total. The second-order valence-corrected chi connectivity index (χ2v) is 17.3. The molecule has 3 unspecified atom stereocenters. The standard InChI is InChI=1S/C62H45NO/c1-42-26-32-46(33-27-42)62(58-23-10-7-18-54(58)52-16-5-6-17-53(52)55-19-8-11-24-59(55)62)47-34-40-50(41-35-47)63(48-36-28-44(29-37-48)43-14-3-2-4-15-43)49-38-30-45(31-39-49)51-21-13-22-57-56-20-9-12-25-60(56)64-61(51)57/h2-41,54,58H,1H3. The number of anilines is 3. The maximum absolute atomic E-state index is 6.47. The number of allylic oxidation sites excluding steroid dienone is 4. The Bertz CT molecular complexity index is 3370. The molecule has 1 heterocycles. The van der Waals surface area contributed by atoms with Crippen molar-refractivity contribution in [2.75, 3.05) is 4.90 Å². The highest BCUT2D eigenvalue weighted by Crippen LogP contribution is 2.58. The number of hydrogen-bond donors (Lipinski definition) is 0. The molecule has 0 saturated carbocycles.